The molecule has 39 heteroatoms. The van der Waals surface area contributed by atoms with Gasteiger partial charge >= 0.3 is 19.3 Å². The van der Waals surface area contributed by atoms with Gasteiger partial charge in [0.15, 0.2) is 32.9 Å². The topological polar surface area (TPSA) is 413 Å². The van der Waals surface area contributed by atoms with E-state index in [-0.39, 0.29) is 69.0 Å². The van der Waals surface area contributed by atoms with Crippen LogP contribution in [0.25, 0.3) is 61.2 Å². The van der Waals surface area contributed by atoms with Crippen molar-refractivity contribution in [3.8, 4) is 17.1 Å². The van der Waals surface area contributed by atoms with E-state index in [1.54, 1.807) is 109 Å². The molecule has 0 atom stereocenters. The summed E-state index contributed by atoms with van der Waals surface area (Å²) in [7, 11) is -0.280. The molecular formula is C109H133BN26O10S2. The number of allylic oxidation sites excluding steroid dienone is 4. The second-order valence-electron chi connectivity index (χ2n) is 42.1. The highest BCUT2D eigenvalue weighted by atomic mass is 32.2. The van der Waals surface area contributed by atoms with E-state index in [4.69, 9.17) is 34.5 Å². The van der Waals surface area contributed by atoms with Crippen molar-refractivity contribution in [2.75, 3.05) is 48.5 Å². The quantitative estimate of drug-likeness (QED) is 0.0175. The van der Waals surface area contributed by atoms with Crippen LogP contribution in [0.5, 0.6) is 0 Å². The van der Waals surface area contributed by atoms with Gasteiger partial charge in [-0.05, 0) is 231 Å². The molecule has 1 saturated heterocycles. The zero-order valence-corrected chi connectivity index (χ0v) is 89.9. The minimum atomic E-state index is -0.549. The van der Waals surface area contributed by atoms with Crippen molar-refractivity contribution in [1.82, 2.24) is 113 Å². The van der Waals surface area contributed by atoms with Crippen molar-refractivity contribution < 1.29 is 28.4 Å². The van der Waals surface area contributed by atoms with E-state index < -0.39 is 11.2 Å². The van der Waals surface area contributed by atoms with E-state index in [1.807, 2.05) is 176 Å². The average Bonchev–Trinajstić information content (AvgIpc) is 1.61. The number of nitrogens with zero attached hydrogens (tertiary/aromatic N) is 21. The summed E-state index contributed by atoms with van der Waals surface area (Å²) in [6.45, 7) is 59.1. The van der Waals surface area contributed by atoms with Crippen LogP contribution in [0.1, 0.15) is 182 Å². The van der Waals surface area contributed by atoms with Crippen molar-refractivity contribution >= 4 is 121 Å². The SMILES string of the molecule is C=CCn1[nH]c2nc(SC)ncc2c1=O.C=CCn1c(=O)c2cnc(Nc3ccc4c(c3)CN(C(=O)OC(C)(C)C)CC4)nc2n1-c1ccnc(C(C)(C)C)c1.C=CCn1c(=O)c2cnc(Nc3ccc4c(c3)CNCC4)nc2n1-c1ccnc(C(C)(C)C)c1.C=CCn1c(=O)c2cnc(SC)nc2n1-c1ccnc(C(C)(C)C)c1.CC(C)(C)OC(=O)N1CCc2ccc(N)cc2C1.CC1(C)OB(c2ccncc2)OC1(C)C. The molecule has 0 aliphatic carbocycles. The molecule has 15 aromatic rings. The Morgan fingerprint density at radius 3 is 1.27 bits per heavy atom. The maximum Gasteiger partial charge on any atom is 0.494 e. The third kappa shape index (κ3) is 25.7. The van der Waals surface area contributed by atoms with E-state index in [9.17, 15) is 28.8 Å². The number of hydrogen-bond donors (Lipinski definition) is 5. The van der Waals surface area contributed by atoms with Crippen LogP contribution >= 0.6 is 23.5 Å². The minimum absolute atomic E-state index is 0.0953. The van der Waals surface area contributed by atoms with Crippen LogP contribution in [0, 0.1) is 0 Å². The van der Waals surface area contributed by atoms with E-state index in [2.05, 4.69) is 178 Å². The number of pyridine rings is 4. The van der Waals surface area contributed by atoms with Crippen LogP contribution in [0.4, 0.5) is 38.5 Å². The van der Waals surface area contributed by atoms with Crippen LogP contribution < -0.4 is 49.4 Å². The first kappa shape index (κ1) is 109. The standard InChI is InChI=1S/C31H37N7O3.C26H29N7O.C18H21N5OS.C14H20N2O2.C11H16BNO2.C9H10N4OS/c1-8-14-37-27(39)24-18-33-28(35-26(24)38(37)23-11-13-32-25(17-23)30(2,3)4)34-22-10-9-20-12-15-36(19-21(20)16-22)29(40)41-31(5,6)7;1-5-12-32-24(34)21-16-29-25(30-19-7-6-17-8-10-27-15-18(17)13-19)31-23(21)33(32)20-9-11-28-22(14-20)26(2,3)4;1-6-9-22-16(24)13-11-20-17(25-5)21-15(13)23(22)12-7-8-19-14(10-12)18(2,3)4;1-14(2,3)18-13(17)16-7-6-10-4-5-12(15)8-11(10)9-16;1-10(2)11(3,4)15-12(14-10)9-5-7-13-8-6-9;1-3-4-13-8(14)6-5-10-9(15-2)11-7(6)12-13/h8-11,13,16-18H,1,12,14-15,19H2,2-7H3,(H,33,34,35);5-7,9,11,13-14,16,27H,1,8,10,12,15H2,2-4H3,(H,29,30,31);6-8,10-11H,1,9H2,2-5H3;4-5,8H,6-7,9,15H2,1-3H3;5-8H,1-4H3;3,5H,1,4H2,2H3,(H,10,11,12). The van der Waals surface area contributed by atoms with Crippen LogP contribution in [-0.2, 0) is 100 Å². The van der Waals surface area contributed by atoms with E-state index in [1.165, 1.54) is 50.5 Å². The highest BCUT2D eigenvalue weighted by molar-refractivity contribution is 7.98. The molecule has 4 aliphatic heterocycles. The molecule has 1 fully saturated rings. The smallest absolute Gasteiger partial charge is 0.444 e. The number of carbonyl (C=O) groups is 2. The Hall–Kier alpha value is -14.8. The summed E-state index contributed by atoms with van der Waals surface area (Å²) < 4.78 is 34.5. The third-order valence-corrected chi connectivity index (χ3v) is 26.1. The number of fused-ring (bicyclic) bond motifs is 7. The first-order chi connectivity index (χ1) is 70.1. The maximum atomic E-state index is 13.3. The summed E-state index contributed by atoms with van der Waals surface area (Å²) in [5.74, 6) is 0.790. The van der Waals surface area contributed by atoms with Gasteiger partial charge in [-0.25, -0.2) is 72.3 Å². The fourth-order valence-corrected chi connectivity index (χ4v) is 17.3. The summed E-state index contributed by atoms with van der Waals surface area (Å²) in [4.78, 5) is 132. The van der Waals surface area contributed by atoms with Crippen molar-refractivity contribution in [1.29, 1.82) is 0 Å². The molecule has 0 saturated carbocycles. The first-order valence-electron chi connectivity index (χ1n) is 49.0. The van der Waals surface area contributed by atoms with Crippen LogP contribution in [0.15, 0.2) is 239 Å². The highest BCUT2D eigenvalue weighted by Gasteiger charge is 2.52. The predicted molar refractivity (Wildman–Crippen MR) is 588 cm³/mol. The van der Waals surface area contributed by atoms with Gasteiger partial charge in [0, 0.05) is 139 Å². The molecule has 2 amide bonds. The van der Waals surface area contributed by atoms with Gasteiger partial charge in [-0.15, -0.1) is 26.3 Å². The molecule has 774 valence electrons. The molecule has 19 rings (SSSR count). The number of benzene rings is 3. The lowest BCUT2D eigenvalue weighted by atomic mass is 9.80. The molecule has 0 bridgehead atoms. The van der Waals surface area contributed by atoms with Gasteiger partial charge in [0.1, 0.15) is 32.7 Å². The Morgan fingerprint density at radius 1 is 0.459 bits per heavy atom. The molecule has 16 heterocycles. The second-order valence-corrected chi connectivity index (χ2v) is 43.7. The number of ether oxygens (including phenoxy) is 2. The number of thioether (sulfide) groups is 2. The van der Waals surface area contributed by atoms with Gasteiger partial charge in [-0.1, -0.05) is 128 Å². The summed E-state index contributed by atoms with van der Waals surface area (Å²) in [5.41, 5.74) is 21.3. The molecule has 6 N–H and O–H groups in total. The zero-order chi connectivity index (χ0) is 107. The lowest BCUT2D eigenvalue weighted by molar-refractivity contribution is 0.00578. The number of anilines is 5. The molecular weight excluding hydrogens is 1910 g/mol. The van der Waals surface area contributed by atoms with E-state index in [0.29, 0.717) is 119 Å². The Bertz CT molecular complexity index is 7680. The number of nitrogen functional groups attached to an aromatic ring is 1. The summed E-state index contributed by atoms with van der Waals surface area (Å²) in [5, 5.41) is 16.1. The molecule has 3 aromatic carbocycles. The van der Waals surface area contributed by atoms with Gasteiger partial charge < -0.3 is 50.3 Å². The summed E-state index contributed by atoms with van der Waals surface area (Å²) >= 11 is 2.88. The van der Waals surface area contributed by atoms with Crippen molar-refractivity contribution in [3.63, 3.8) is 0 Å². The lowest BCUT2D eigenvalue weighted by Gasteiger charge is -2.32. The lowest BCUT2D eigenvalue weighted by Crippen LogP contribution is -2.41. The number of nitrogens with two attached hydrogens (primary N) is 1. The Kier molecular flexibility index (Phi) is 33.3. The number of carbonyl (C=O) groups excluding carboxylic acids is 2. The largest absolute Gasteiger partial charge is 0.494 e. The Balaban J connectivity index is 0.000000146. The van der Waals surface area contributed by atoms with Gasteiger partial charge in [0.05, 0.1) is 54.4 Å². The van der Waals surface area contributed by atoms with Crippen LogP contribution in [0.2, 0.25) is 0 Å². The minimum Gasteiger partial charge on any atom is -0.444 e. The van der Waals surface area contributed by atoms with Crippen LogP contribution in [0.3, 0.4) is 0 Å². The maximum absolute atomic E-state index is 13.3. The molecule has 148 heavy (non-hydrogen) atoms. The molecule has 0 spiro atoms. The first-order valence-corrected chi connectivity index (χ1v) is 51.4. The average molecular weight is 2040 g/mol. The second kappa shape index (κ2) is 45.3. The molecule has 36 nitrogen and oxygen atoms in total. The monoisotopic (exact) mass is 2040 g/mol. The third-order valence-electron chi connectivity index (χ3n) is 24.9. The number of aromatic amines is 1. The zero-order valence-electron chi connectivity index (χ0n) is 88.3. The van der Waals surface area contributed by atoms with Gasteiger partial charge in [0.25, 0.3) is 22.2 Å². The number of hydrogen-bond acceptors (Lipinski definition) is 28. The molecule has 0 radical (unpaired) electrons. The van der Waals surface area contributed by atoms with Crippen molar-refractivity contribution in [2.45, 2.75) is 246 Å². The van der Waals surface area contributed by atoms with Gasteiger partial charge in [-0.2, -0.15) is 9.97 Å². The number of amides is 2. The van der Waals surface area contributed by atoms with E-state index in [0.717, 1.165) is 100 Å². The molecule has 0 unspecified atom stereocenters. The number of nitrogens with one attached hydrogen (secondary N) is 4. The fourth-order valence-electron chi connectivity index (χ4n) is 16.6. The Morgan fingerprint density at radius 2 is 0.851 bits per heavy atom. The van der Waals surface area contributed by atoms with Gasteiger partial charge in [0.2, 0.25) is 11.9 Å². The number of aromatic nitrogens is 20. The van der Waals surface area contributed by atoms with Crippen LogP contribution in [-0.4, -0.2) is 181 Å². The highest BCUT2D eigenvalue weighted by Crippen LogP contribution is 2.38. The normalized spacial score (nSPS) is 14.2. The Labute approximate surface area is 869 Å². The summed E-state index contributed by atoms with van der Waals surface area (Å²) in [6.07, 6.45) is 27.7. The van der Waals surface area contributed by atoms with Gasteiger partial charge in [-0.3, -0.25) is 44.2 Å². The van der Waals surface area contributed by atoms with E-state index >= 15 is 0 Å². The number of H-pyrrole nitrogens is 1. The fraction of sp³-hybridized carbons (Fsp3) is 0.376. The van der Waals surface area contributed by atoms with Crippen molar-refractivity contribution in [3.05, 3.63) is 301 Å². The number of rotatable bonds is 18. The molecule has 12 aromatic heterocycles. The predicted octanol–water partition coefficient (Wildman–Crippen LogP) is 17.5. The van der Waals surface area contributed by atoms with Crippen molar-refractivity contribution in [2.24, 2.45) is 0 Å². The summed E-state index contributed by atoms with van der Waals surface area (Å²) in [6, 6.07) is 33.7. The molecule has 4 aliphatic rings.